The van der Waals surface area contributed by atoms with E-state index >= 15 is 0 Å². The summed E-state index contributed by atoms with van der Waals surface area (Å²) in [6.45, 7) is 4.01. The lowest BCUT2D eigenvalue weighted by molar-refractivity contribution is -0.131. The molecule has 7 heteroatoms. The van der Waals surface area contributed by atoms with Crippen LogP contribution >= 0.6 is 22.6 Å². The molecule has 1 heterocycles. The maximum atomic E-state index is 12.8. The number of ether oxygens (including phenoxy) is 1. The fourth-order valence-electron chi connectivity index (χ4n) is 3.20. The van der Waals surface area contributed by atoms with Gasteiger partial charge in [0.15, 0.2) is 0 Å². The largest absolute Gasteiger partial charge is 0.488 e. The van der Waals surface area contributed by atoms with Gasteiger partial charge in [0, 0.05) is 6.04 Å². The molecule has 6 nitrogen and oxygen atoms in total. The van der Waals surface area contributed by atoms with Crippen LogP contribution in [-0.4, -0.2) is 35.4 Å². The molecule has 1 aromatic rings. The Hall–Kier alpha value is -2.16. The second-order valence-corrected chi connectivity index (χ2v) is 7.38. The van der Waals surface area contributed by atoms with Crippen molar-refractivity contribution in [2.24, 2.45) is 0 Å². The van der Waals surface area contributed by atoms with E-state index in [9.17, 15) is 14.4 Å². The molecule has 1 saturated carbocycles. The molecule has 0 unspecified atom stereocenters. The van der Waals surface area contributed by atoms with E-state index in [4.69, 9.17) is 4.74 Å². The average molecular weight is 466 g/mol. The smallest absolute Gasteiger partial charge is 0.331 e. The Morgan fingerprint density at radius 1 is 1.27 bits per heavy atom. The Bertz CT molecular complexity index is 797. The molecular formula is C19H19IN2O4. The summed E-state index contributed by atoms with van der Waals surface area (Å²) >= 11 is 2.13. The number of barbiturate groups is 1. The number of halogens is 1. The van der Waals surface area contributed by atoms with Crippen molar-refractivity contribution in [3.8, 4) is 5.75 Å². The van der Waals surface area contributed by atoms with Crippen LogP contribution in [0, 0.1) is 3.57 Å². The standard InChI is InChI=1S/C19H19IN2O4/c1-2-9-26-16-8-7-12(11-15(16)20)10-14-17(23)21-19(25)22(18(14)24)13-5-3-4-6-13/h2,7-8,10-11,13H,1,3-6,9H2,(H,21,23,25)/b14-10+. The Morgan fingerprint density at radius 3 is 2.65 bits per heavy atom. The highest BCUT2D eigenvalue weighted by atomic mass is 127. The molecule has 0 aromatic heterocycles. The lowest BCUT2D eigenvalue weighted by Gasteiger charge is -2.31. The Kier molecular flexibility index (Phi) is 5.75. The molecule has 1 aliphatic carbocycles. The van der Waals surface area contributed by atoms with Gasteiger partial charge < -0.3 is 4.74 Å². The Balaban J connectivity index is 1.87. The summed E-state index contributed by atoms with van der Waals surface area (Å²) in [6.07, 6.45) is 6.72. The molecule has 0 bridgehead atoms. The van der Waals surface area contributed by atoms with E-state index in [1.807, 2.05) is 6.07 Å². The van der Waals surface area contributed by atoms with Crippen molar-refractivity contribution in [1.29, 1.82) is 0 Å². The zero-order chi connectivity index (χ0) is 18.7. The number of rotatable bonds is 5. The number of carbonyl (C=O) groups is 3. The van der Waals surface area contributed by atoms with E-state index in [1.54, 1.807) is 18.2 Å². The van der Waals surface area contributed by atoms with Gasteiger partial charge in [-0.2, -0.15) is 0 Å². The molecule has 2 aliphatic rings. The first-order valence-electron chi connectivity index (χ1n) is 8.45. The van der Waals surface area contributed by atoms with Crippen LogP contribution in [0.5, 0.6) is 5.75 Å². The highest BCUT2D eigenvalue weighted by molar-refractivity contribution is 14.1. The first kappa shape index (κ1) is 18.6. The molecule has 1 N–H and O–H groups in total. The van der Waals surface area contributed by atoms with Gasteiger partial charge in [0.2, 0.25) is 0 Å². The molecule has 4 amide bonds. The Labute approximate surface area is 165 Å². The van der Waals surface area contributed by atoms with Gasteiger partial charge in [-0.25, -0.2) is 4.79 Å². The van der Waals surface area contributed by atoms with Crippen molar-refractivity contribution >= 4 is 46.5 Å². The zero-order valence-corrected chi connectivity index (χ0v) is 16.3. The number of benzene rings is 1. The summed E-state index contributed by atoms with van der Waals surface area (Å²) < 4.78 is 6.38. The third-order valence-electron chi connectivity index (χ3n) is 4.45. The number of hydrogen-bond donors (Lipinski definition) is 1. The molecule has 1 aliphatic heterocycles. The van der Waals surface area contributed by atoms with Gasteiger partial charge in [-0.1, -0.05) is 31.6 Å². The summed E-state index contributed by atoms with van der Waals surface area (Å²) in [6, 6.07) is 4.62. The fourth-order valence-corrected chi connectivity index (χ4v) is 3.90. The van der Waals surface area contributed by atoms with Crippen LogP contribution in [0.4, 0.5) is 4.79 Å². The molecule has 0 radical (unpaired) electrons. The number of nitrogens with zero attached hydrogens (tertiary/aromatic N) is 1. The van der Waals surface area contributed by atoms with Crippen molar-refractivity contribution in [3.05, 3.63) is 45.6 Å². The highest BCUT2D eigenvalue weighted by Crippen LogP contribution is 2.28. The van der Waals surface area contributed by atoms with Gasteiger partial charge in [0.05, 0.1) is 3.57 Å². The summed E-state index contributed by atoms with van der Waals surface area (Å²) in [5.41, 5.74) is 0.673. The molecule has 136 valence electrons. The van der Waals surface area contributed by atoms with Crippen molar-refractivity contribution in [3.63, 3.8) is 0 Å². The molecule has 1 aromatic carbocycles. The van der Waals surface area contributed by atoms with Crippen molar-refractivity contribution in [2.45, 2.75) is 31.7 Å². The van der Waals surface area contributed by atoms with E-state index in [0.29, 0.717) is 17.9 Å². The second kappa shape index (κ2) is 8.03. The maximum Gasteiger partial charge on any atom is 0.331 e. The number of hydrogen-bond acceptors (Lipinski definition) is 4. The summed E-state index contributed by atoms with van der Waals surface area (Å²) in [4.78, 5) is 38.3. The van der Waals surface area contributed by atoms with Crippen molar-refractivity contribution < 1.29 is 19.1 Å². The summed E-state index contributed by atoms with van der Waals surface area (Å²) in [7, 11) is 0. The number of amides is 4. The van der Waals surface area contributed by atoms with Crippen LogP contribution < -0.4 is 10.1 Å². The molecule has 1 saturated heterocycles. The van der Waals surface area contributed by atoms with Gasteiger partial charge in [-0.3, -0.25) is 19.8 Å². The van der Waals surface area contributed by atoms with Gasteiger partial charge in [-0.15, -0.1) is 0 Å². The van der Waals surface area contributed by atoms with Gasteiger partial charge in [0.1, 0.15) is 17.9 Å². The lowest BCUT2D eigenvalue weighted by Crippen LogP contribution is -2.57. The minimum atomic E-state index is -0.656. The molecule has 3 rings (SSSR count). The van der Waals surface area contributed by atoms with Crippen molar-refractivity contribution in [2.75, 3.05) is 6.61 Å². The van der Waals surface area contributed by atoms with Gasteiger partial charge >= 0.3 is 6.03 Å². The van der Waals surface area contributed by atoms with Crippen LogP contribution in [0.3, 0.4) is 0 Å². The number of carbonyl (C=O) groups excluding carboxylic acids is 3. The predicted molar refractivity (Wildman–Crippen MR) is 105 cm³/mol. The van der Waals surface area contributed by atoms with Crippen LogP contribution in [0.15, 0.2) is 36.4 Å². The highest BCUT2D eigenvalue weighted by Gasteiger charge is 2.40. The summed E-state index contributed by atoms with van der Waals surface area (Å²) in [5.74, 6) is -0.473. The van der Waals surface area contributed by atoms with Crippen LogP contribution in [0.25, 0.3) is 6.08 Å². The van der Waals surface area contributed by atoms with Crippen LogP contribution in [0.1, 0.15) is 31.2 Å². The van der Waals surface area contributed by atoms with E-state index < -0.39 is 17.8 Å². The number of imide groups is 2. The predicted octanol–water partition coefficient (Wildman–Crippen LogP) is 3.26. The van der Waals surface area contributed by atoms with Crippen LogP contribution in [-0.2, 0) is 9.59 Å². The van der Waals surface area contributed by atoms with Crippen LogP contribution in [0.2, 0.25) is 0 Å². The minimum Gasteiger partial charge on any atom is -0.488 e. The third kappa shape index (κ3) is 3.82. The third-order valence-corrected chi connectivity index (χ3v) is 5.29. The molecule has 2 fully saturated rings. The lowest BCUT2D eigenvalue weighted by atomic mass is 10.1. The van der Waals surface area contributed by atoms with Gasteiger partial charge in [0.25, 0.3) is 11.8 Å². The first-order chi connectivity index (χ1) is 12.5. The first-order valence-corrected chi connectivity index (χ1v) is 9.53. The average Bonchev–Trinajstić information content (AvgIpc) is 3.12. The topological polar surface area (TPSA) is 75.7 Å². The van der Waals surface area contributed by atoms with E-state index in [-0.39, 0.29) is 11.6 Å². The molecule has 0 spiro atoms. The van der Waals surface area contributed by atoms with E-state index in [2.05, 4.69) is 34.5 Å². The second-order valence-electron chi connectivity index (χ2n) is 6.22. The molecular weight excluding hydrogens is 447 g/mol. The van der Waals surface area contributed by atoms with E-state index in [0.717, 1.165) is 29.3 Å². The summed E-state index contributed by atoms with van der Waals surface area (Å²) in [5, 5.41) is 2.28. The fraction of sp³-hybridized carbons (Fsp3) is 0.316. The zero-order valence-electron chi connectivity index (χ0n) is 14.2. The maximum absolute atomic E-state index is 12.8. The normalized spacial score (nSPS) is 19.8. The Morgan fingerprint density at radius 2 is 2.00 bits per heavy atom. The molecule has 0 atom stereocenters. The SMILES string of the molecule is C=CCOc1ccc(/C=C2\C(=O)NC(=O)N(C3CCCC3)C2=O)cc1I. The van der Waals surface area contributed by atoms with E-state index in [1.165, 1.54) is 11.0 Å². The molecule has 26 heavy (non-hydrogen) atoms. The number of nitrogens with one attached hydrogen (secondary N) is 1. The minimum absolute atomic E-state index is 0.0212. The van der Waals surface area contributed by atoms with Gasteiger partial charge in [-0.05, 0) is 59.2 Å². The quantitative estimate of drug-likeness (QED) is 0.313. The van der Waals surface area contributed by atoms with Crippen molar-refractivity contribution in [1.82, 2.24) is 10.2 Å². The monoisotopic (exact) mass is 466 g/mol. The number of urea groups is 1.